The summed E-state index contributed by atoms with van der Waals surface area (Å²) in [5.74, 6) is 0.255. The molecule has 1 aromatic rings. The minimum atomic E-state index is 0.255. The van der Waals surface area contributed by atoms with Crippen molar-refractivity contribution < 1.29 is 4.79 Å². The highest BCUT2D eigenvalue weighted by atomic mass is 16.1. The molecule has 12 heavy (non-hydrogen) atoms. The number of carbonyl (C=O) groups excluding carboxylic acids is 1. The molecule has 0 saturated carbocycles. The third-order valence-corrected chi connectivity index (χ3v) is 1.30. The number of anilines is 1. The third kappa shape index (κ3) is 6.81. The SMILES string of the molecule is CCC(C)=O.Nc1ccccc1. The molecular formula is C10H15NO. The first-order chi connectivity index (χ1) is 5.66. The van der Waals surface area contributed by atoms with Crippen LogP contribution in [0.25, 0.3) is 0 Å². The number of para-hydroxylation sites is 1. The molecule has 2 N–H and O–H groups in total. The molecule has 66 valence electrons. The molecule has 0 aromatic heterocycles. The van der Waals surface area contributed by atoms with Crippen LogP contribution in [0.15, 0.2) is 30.3 Å². The van der Waals surface area contributed by atoms with Crippen molar-refractivity contribution in [3.63, 3.8) is 0 Å². The molecule has 0 heterocycles. The molecular weight excluding hydrogens is 150 g/mol. The largest absolute Gasteiger partial charge is 0.399 e. The van der Waals surface area contributed by atoms with Gasteiger partial charge in [-0.2, -0.15) is 0 Å². The maximum atomic E-state index is 9.81. The topological polar surface area (TPSA) is 43.1 Å². The van der Waals surface area contributed by atoms with Gasteiger partial charge in [-0.05, 0) is 19.1 Å². The number of Topliss-reactive ketones (excluding diaryl/α,β-unsaturated/α-hetero) is 1. The first kappa shape index (κ1) is 10.7. The standard InChI is InChI=1S/C6H7N.C4H8O/c7-6-4-2-1-3-5-6;1-3-4(2)5/h1-5H,7H2;3H2,1-2H3. The molecule has 1 rings (SSSR count). The molecule has 0 saturated heterocycles. The van der Waals surface area contributed by atoms with E-state index in [4.69, 9.17) is 5.73 Å². The van der Waals surface area contributed by atoms with Crippen molar-refractivity contribution in [2.24, 2.45) is 0 Å². The van der Waals surface area contributed by atoms with Gasteiger partial charge >= 0.3 is 0 Å². The lowest BCUT2D eigenvalue weighted by atomic mass is 10.3. The predicted molar refractivity (Wildman–Crippen MR) is 51.8 cm³/mol. The van der Waals surface area contributed by atoms with Crippen LogP contribution in [-0.4, -0.2) is 5.78 Å². The van der Waals surface area contributed by atoms with E-state index >= 15 is 0 Å². The van der Waals surface area contributed by atoms with Crippen LogP contribution in [-0.2, 0) is 4.79 Å². The van der Waals surface area contributed by atoms with Gasteiger partial charge in [0.1, 0.15) is 5.78 Å². The second-order valence-electron chi connectivity index (χ2n) is 2.47. The third-order valence-electron chi connectivity index (χ3n) is 1.30. The molecule has 0 aliphatic rings. The number of ketones is 1. The molecule has 0 atom stereocenters. The lowest BCUT2D eigenvalue weighted by Gasteiger charge is -1.83. The second kappa shape index (κ2) is 6.40. The molecule has 2 nitrogen and oxygen atoms in total. The van der Waals surface area contributed by atoms with Crippen LogP contribution in [0.1, 0.15) is 20.3 Å². The molecule has 0 radical (unpaired) electrons. The Morgan fingerprint density at radius 2 is 1.75 bits per heavy atom. The summed E-state index contributed by atoms with van der Waals surface area (Å²) in [7, 11) is 0. The van der Waals surface area contributed by atoms with Gasteiger partial charge in [0.05, 0.1) is 0 Å². The first-order valence-corrected chi connectivity index (χ1v) is 3.96. The van der Waals surface area contributed by atoms with Gasteiger partial charge in [0.15, 0.2) is 0 Å². The minimum absolute atomic E-state index is 0.255. The van der Waals surface area contributed by atoms with E-state index in [1.54, 1.807) is 6.92 Å². The van der Waals surface area contributed by atoms with Crippen molar-refractivity contribution >= 4 is 11.5 Å². The lowest BCUT2D eigenvalue weighted by molar-refractivity contribution is -0.116. The number of hydrogen-bond acceptors (Lipinski definition) is 2. The minimum Gasteiger partial charge on any atom is -0.399 e. The van der Waals surface area contributed by atoms with E-state index in [0.29, 0.717) is 6.42 Å². The molecule has 0 bridgehead atoms. The molecule has 1 aromatic carbocycles. The number of rotatable bonds is 1. The summed E-state index contributed by atoms with van der Waals surface area (Å²) in [5.41, 5.74) is 6.18. The van der Waals surface area contributed by atoms with Gasteiger partial charge < -0.3 is 10.5 Å². The Labute approximate surface area is 73.4 Å². The molecule has 0 aliphatic heterocycles. The van der Waals surface area contributed by atoms with Crippen molar-refractivity contribution in [1.82, 2.24) is 0 Å². The summed E-state index contributed by atoms with van der Waals surface area (Å²) in [4.78, 5) is 9.81. The van der Waals surface area contributed by atoms with Crippen LogP contribution in [0.4, 0.5) is 5.69 Å². The van der Waals surface area contributed by atoms with Crippen LogP contribution in [0.3, 0.4) is 0 Å². The van der Waals surface area contributed by atoms with Crippen molar-refractivity contribution in [2.45, 2.75) is 20.3 Å². The van der Waals surface area contributed by atoms with Crippen molar-refractivity contribution in [3.05, 3.63) is 30.3 Å². The average molecular weight is 165 g/mol. The highest BCUT2D eigenvalue weighted by Gasteiger charge is 1.76. The molecule has 0 amide bonds. The van der Waals surface area contributed by atoms with Gasteiger partial charge in [0.25, 0.3) is 0 Å². The summed E-state index contributed by atoms with van der Waals surface area (Å²) < 4.78 is 0. The highest BCUT2D eigenvalue weighted by Crippen LogP contribution is 1.95. The summed E-state index contributed by atoms with van der Waals surface area (Å²) in [6.45, 7) is 3.43. The second-order valence-corrected chi connectivity index (χ2v) is 2.47. The smallest absolute Gasteiger partial charge is 0.129 e. The van der Waals surface area contributed by atoms with Crippen molar-refractivity contribution in [2.75, 3.05) is 5.73 Å². The van der Waals surface area contributed by atoms with Gasteiger partial charge in [-0.3, -0.25) is 0 Å². The first-order valence-electron chi connectivity index (χ1n) is 3.96. The van der Waals surface area contributed by atoms with E-state index in [0.717, 1.165) is 5.69 Å². The zero-order chi connectivity index (χ0) is 9.40. The Balaban J connectivity index is 0.000000217. The molecule has 0 fully saturated rings. The van der Waals surface area contributed by atoms with Gasteiger partial charge in [-0.15, -0.1) is 0 Å². The fourth-order valence-electron chi connectivity index (χ4n) is 0.453. The molecule has 0 aliphatic carbocycles. The number of hydrogen-bond donors (Lipinski definition) is 1. The average Bonchev–Trinajstić information content (AvgIpc) is 2.07. The monoisotopic (exact) mass is 165 g/mol. The van der Waals surface area contributed by atoms with Gasteiger partial charge in [0.2, 0.25) is 0 Å². The van der Waals surface area contributed by atoms with Crippen LogP contribution >= 0.6 is 0 Å². The van der Waals surface area contributed by atoms with Crippen molar-refractivity contribution in [3.8, 4) is 0 Å². The Kier molecular flexibility index (Phi) is 5.70. The summed E-state index contributed by atoms with van der Waals surface area (Å²) >= 11 is 0. The summed E-state index contributed by atoms with van der Waals surface area (Å²) in [6.07, 6.45) is 0.667. The quantitative estimate of drug-likeness (QED) is 0.648. The van der Waals surface area contributed by atoms with Crippen LogP contribution < -0.4 is 5.73 Å². The van der Waals surface area contributed by atoms with E-state index in [9.17, 15) is 4.79 Å². The highest BCUT2D eigenvalue weighted by molar-refractivity contribution is 5.74. The summed E-state index contributed by atoms with van der Waals surface area (Å²) in [5, 5.41) is 0. The lowest BCUT2D eigenvalue weighted by Crippen LogP contribution is -1.80. The molecule has 0 spiro atoms. The molecule has 0 unspecified atom stereocenters. The number of nitrogens with two attached hydrogens (primary N) is 1. The Morgan fingerprint density at radius 3 is 1.92 bits per heavy atom. The van der Waals surface area contributed by atoms with Gasteiger partial charge in [-0.1, -0.05) is 25.1 Å². The van der Waals surface area contributed by atoms with E-state index < -0.39 is 0 Å². The molecule has 2 heteroatoms. The van der Waals surface area contributed by atoms with E-state index in [1.165, 1.54) is 0 Å². The summed E-state index contributed by atoms with van der Waals surface area (Å²) in [6, 6.07) is 9.49. The zero-order valence-electron chi connectivity index (χ0n) is 7.58. The Hall–Kier alpha value is -1.31. The maximum absolute atomic E-state index is 9.81. The fraction of sp³-hybridized carbons (Fsp3) is 0.300. The normalized spacial score (nSPS) is 8.17. The van der Waals surface area contributed by atoms with E-state index in [-0.39, 0.29) is 5.78 Å². The van der Waals surface area contributed by atoms with Gasteiger partial charge in [0, 0.05) is 12.1 Å². The van der Waals surface area contributed by atoms with E-state index in [2.05, 4.69) is 0 Å². The van der Waals surface area contributed by atoms with Gasteiger partial charge in [-0.25, -0.2) is 0 Å². The fourth-order valence-corrected chi connectivity index (χ4v) is 0.453. The van der Waals surface area contributed by atoms with Crippen LogP contribution in [0.5, 0.6) is 0 Å². The Bertz CT molecular complexity index is 219. The maximum Gasteiger partial charge on any atom is 0.129 e. The number of carbonyl (C=O) groups is 1. The number of benzene rings is 1. The predicted octanol–water partition coefficient (Wildman–Crippen LogP) is 2.25. The van der Waals surface area contributed by atoms with E-state index in [1.807, 2.05) is 37.3 Å². The zero-order valence-corrected chi connectivity index (χ0v) is 7.58. The van der Waals surface area contributed by atoms with Crippen LogP contribution in [0.2, 0.25) is 0 Å². The Morgan fingerprint density at radius 1 is 1.33 bits per heavy atom. The van der Waals surface area contributed by atoms with Crippen molar-refractivity contribution in [1.29, 1.82) is 0 Å². The van der Waals surface area contributed by atoms with Crippen LogP contribution in [0, 0.1) is 0 Å². The number of nitrogen functional groups attached to an aromatic ring is 1.